The Morgan fingerprint density at radius 2 is 2.00 bits per heavy atom. The van der Waals surface area contributed by atoms with E-state index in [1.165, 1.54) is 28.5 Å². The number of benzene rings is 1. The maximum absolute atomic E-state index is 3.73. The predicted octanol–water partition coefficient (Wildman–Crippen LogP) is 5.38. The maximum Gasteiger partial charge on any atom is 0.0390 e. The minimum absolute atomic E-state index is 0.338. The topological polar surface area (TPSA) is 12.0 Å². The van der Waals surface area contributed by atoms with Crippen LogP contribution in [0.2, 0.25) is 0 Å². The zero-order valence-electron chi connectivity index (χ0n) is 12.5. The number of hydrogen-bond acceptors (Lipinski definition) is 2. The minimum atomic E-state index is 0.338. The van der Waals surface area contributed by atoms with Crippen molar-refractivity contribution in [3.05, 3.63) is 35.2 Å². The largest absolute Gasteiger partial charge is 0.310 e. The van der Waals surface area contributed by atoms with E-state index in [4.69, 9.17) is 0 Å². The van der Waals surface area contributed by atoms with Gasteiger partial charge in [-0.05, 0) is 47.2 Å². The third-order valence-corrected chi connectivity index (χ3v) is 4.32. The van der Waals surface area contributed by atoms with Crippen LogP contribution in [-0.2, 0) is 0 Å². The molecule has 19 heavy (non-hydrogen) atoms. The van der Waals surface area contributed by atoms with Crippen LogP contribution in [0.3, 0.4) is 0 Å². The maximum atomic E-state index is 3.73. The second-order valence-electron chi connectivity index (χ2n) is 6.46. The molecule has 1 unspecified atom stereocenters. The van der Waals surface area contributed by atoms with Gasteiger partial charge in [0.1, 0.15) is 0 Å². The summed E-state index contributed by atoms with van der Waals surface area (Å²) in [6.07, 6.45) is 2.35. The van der Waals surface area contributed by atoms with E-state index >= 15 is 0 Å². The van der Waals surface area contributed by atoms with Gasteiger partial charge >= 0.3 is 0 Å². The Hall–Kier alpha value is -0.860. The smallest absolute Gasteiger partial charge is 0.0390 e. The summed E-state index contributed by atoms with van der Waals surface area (Å²) in [6, 6.07) is 9.37. The number of hydrogen-bond donors (Lipinski definition) is 1. The van der Waals surface area contributed by atoms with Crippen LogP contribution in [0.4, 0.5) is 0 Å². The second kappa shape index (κ2) is 6.06. The third-order valence-electron chi connectivity index (χ3n) is 3.34. The molecule has 2 rings (SSSR count). The number of fused-ring (bicyclic) bond motifs is 1. The van der Waals surface area contributed by atoms with Gasteiger partial charge in [-0.1, -0.05) is 45.9 Å². The predicted molar refractivity (Wildman–Crippen MR) is 86.9 cm³/mol. The van der Waals surface area contributed by atoms with E-state index in [0.29, 0.717) is 11.5 Å². The quantitative estimate of drug-likeness (QED) is 0.772. The van der Waals surface area contributed by atoms with Crippen LogP contribution in [0.5, 0.6) is 0 Å². The minimum Gasteiger partial charge on any atom is -0.310 e. The van der Waals surface area contributed by atoms with Crippen LogP contribution < -0.4 is 5.32 Å². The highest BCUT2D eigenvalue weighted by Crippen LogP contribution is 2.35. The molecular weight excluding hydrogens is 250 g/mol. The third kappa shape index (κ3) is 3.80. The lowest BCUT2D eigenvalue weighted by atomic mass is 9.85. The highest BCUT2D eigenvalue weighted by atomic mass is 32.1. The summed E-state index contributed by atoms with van der Waals surface area (Å²) in [5.41, 5.74) is 1.81. The van der Waals surface area contributed by atoms with Crippen molar-refractivity contribution < 1.29 is 0 Å². The van der Waals surface area contributed by atoms with Gasteiger partial charge in [0, 0.05) is 10.7 Å². The molecule has 0 aliphatic carbocycles. The summed E-state index contributed by atoms with van der Waals surface area (Å²) < 4.78 is 1.44. The van der Waals surface area contributed by atoms with Gasteiger partial charge in [0.2, 0.25) is 0 Å². The van der Waals surface area contributed by atoms with Gasteiger partial charge in [0.15, 0.2) is 0 Å². The summed E-state index contributed by atoms with van der Waals surface area (Å²) in [5.74, 6) is 0. The summed E-state index contributed by atoms with van der Waals surface area (Å²) in [7, 11) is 0. The van der Waals surface area contributed by atoms with E-state index in [2.05, 4.69) is 62.7 Å². The summed E-state index contributed by atoms with van der Waals surface area (Å²) >= 11 is 1.86. The van der Waals surface area contributed by atoms with Gasteiger partial charge in [-0.15, -0.1) is 11.3 Å². The fraction of sp³-hybridized carbons (Fsp3) is 0.529. The Kier molecular flexibility index (Phi) is 4.64. The van der Waals surface area contributed by atoms with Gasteiger partial charge in [0.25, 0.3) is 0 Å². The highest BCUT2D eigenvalue weighted by molar-refractivity contribution is 7.17. The Bertz CT molecular complexity index is 521. The van der Waals surface area contributed by atoms with Gasteiger partial charge in [-0.25, -0.2) is 0 Å². The van der Waals surface area contributed by atoms with Crippen molar-refractivity contribution in [2.75, 3.05) is 6.54 Å². The van der Waals surface area contributed by atoms with Crippen molar-refractivity contribution in [1.82, 2.24) is 5.32 Å². The molecule has 1 nitrogen and oxygen atoms in total. The molecule has 0 fully saturated rings. The highest BCUT2D eigenvalue weighted by Gasteiger charge is 2.21. The Morgan fingerprint density at radius 3 is 2.68 bits per heavy atom. The van der Waals surface area contributed by atoms with Crippen molar-refractivity contribution in [1.29, 1.82) is 0 Å². The Morgan fingerprint density at radius 1 is 1.21 bits per heavy atom. The lowest BCUT2D eigenvalue weighted by Crippen LogP contribution is -2.26. The van der Waals surface area contributed by atoms with Crippen molar-refractivity contribution >= 4 is 21.4 Å². The molecule has 1 aromatic heterocycles. The summed E-state index contributed by atoms with van der Waals surface area (Å²) in [5, 5.41) is 7.30. The molecule has 0 aliphatic heterocycles. The molecule has 0 bridgehead atoms. The van der Waals surface area contributed by atoms with E-state index in [0.717, 1.165) is 6.54 Å². The van der Waals surface area contributed by atoms with Crippen LogP contribution >= 0.6 is 11.3 Å². The van der Waals surface area contributed by atoms with Crippen LogP contribution in [0, 0.1) is 5.41 Å². The lowest BCUT2D eigenvalue weighted by Gasteiger charge is -2.27. The molecule has 0 saturated heterocycles. The van der Waals surface area contributed by atoms with Crippen molar-refractivity contribution in [3.8, 4) is 0 Å². The number of rotatable bonds is 5. The first kappa shape index (κ1) is 14.5. The molecule has 1 N–H and O–H groups in total. The number of thiophene rings is 1. The van der Waals surface area contributed by atoms with E-state index < -0.39 is 0 Å². The monoisotopic (exact) mass is 275 g/mol. The molecule has 1 aromatic carbocycles. The molecule has 2 heteroatoms. The standard InChI is InChI=1S/C17H25NS/c1-5-10-18-15(12-17(2,3)4)14-8-6-7-13-9-11-19-16(13)14/h6-9,11,15,18H,5,10,12H2,1-4H3. The molecular formula is C17H25NS. The normalized spacial score (nSPS) is 13.9. The fourth-order valence-electron chi connectivity index (χ4n) is 2.51. The van der Waals surface area contributed by atoms with Crippen LogP contribution in [-0.4, -0.2) is 6.54 Å². The summed E-state index contributed by atoms with van der Waals surface area (Å²) in [4.78, 5) is 0. The van der Waals surface area contributed by atoms with Gasteiger partial charge < -0.3 is 5.32 Å². The van der Waals surface area contributed by atoms with Crippen LogP contribution in [0.15, 0.2) is 29.6 Å². The first-order chi connectivity index (χ1) is 9.01. The molecule has 104 valence electrons. The van der Waals surface area contributed by atoms with E-state index in [-0.39, 0.29) is 0 Å². The molecule has 0 spiro atoms. The molecule has 1 atom stereocenters. The van der Waals surface area contributed by atoms with E-state index in [1.54, 1.807) is 0 Å². The lowest BCUT2D eigenvalue weighted by molar-refractivity contribution is 0.313. The Balaban J connectivity index is 2.33. The average Bonchev–Trinajstić information content (AvgIpc) is 2.81. The van der Waals surface area contributed by atoms with Crippen LogP contribution in [0.25, 0.3) is 10.1 Å². The van der Waals surface area contributed by atoms with Gasteiger partial charge in [-0.2, -0.15) is 0 Å². The first-order valence-electron chi connectivity index (χ1n) is 7.21. The molecule has 0 radical (unpaired) electrons. The average molecular weight is 275 g/mol. The van der Waals surface area contributed by atoms with Gasteiger partial charge in [-0.3, -0.25) is 0 Å². The molecule has 0 saturated carbocycles. The fourth-order valence-corrected chi connectivity index (χ4v) is 3.48. The first-order valence-corrected chi connectivity index (χ1v) is 8.09. The van der Waals surface area contributed by atoms with E-state index in [9.17, 15) is 0 Å². The van der Waals surface area contributed by atoms with Crippen molar-refractivity contribution in [2.24, 2.45) is 5.41 Å². The Labute approximate surface area is 121 Å². The number of nitrogens with one attached hydrogen (secondary N) is 1. The van der Waals surface area contributed by atoms with Crippen molar-refractivity contribution in [3.63, 3.8) is 0 Å². The molecule has 0 amide bonds. The van der Waals surface area contributed by atoms with Crippen molar-refractivity contribution in [2.45, 2.75) is 46.6 Å². The zero-order chi connectivity index (χ0) is 13.9. The zero-order valence-corrected chi connectivity index (χ0v) is 13.3. The SMILES string of the molecule is CCCNC(CC(C)(C)C)c1cccc2ccsc12. The second-order valence-corrected chi connectivity index (χ2v) is 7.37. The summed E-state index contributed by atoms with van der Waals surface area (Å²) in [6.45, 7) is 10.3. The molecule has 0 aliphatic rings. The van der Waals surface area contributed by atoms with Gasteiger partial charge in [0.05, 0.1) is 0 Å². The van der Waals surface area contributed by atoms with E-state index in [1.807, 2.05) is 11.3 Å². The molecule has 2 aromatic rings. The molecule has 1 heterocycles. The van der Waals surface area contributed by atoms with Crippen LogP contribution in [0.1, 0.15) is 52.1 Å².